The summed E-state index contributed by atoms with van der Waals surface area (Å²) in [5.41, 5.74) is 1.51. The van der Waals surface area contributed by atoms with Crippen LogP contribution in [0.4, 0.5) is 5.95 Å². The molecule has 12 nitrogen and oxygen atoms in total. The molecule has 4 aromatic rings. The number of ether oxygens (including phenoxy) is 2. The third-order valence-corrected chi connectivity index (χ3v) is 8.89. The minimum Gasteiger partial charge on any atom is -0.494 e. The van der Waals surface area contributed by atoms with E-state index < -0.39 is 27.2 Å². The van der Waals surface area contributed by atoms with Crippen LogP contribution in [0.3, 0.4) is 0 Å². The van der Waals surface area contributed by atoms with E-state index in [2.05, 4.69) is 30.2 Å². The van der Waals surface area contributed by atoms with E-state index in [9.17, 15) is 13.2 Å². The lowest BCUT2D eigenvalue weighted by Gasteiger charge is -2.22. The molecule has 2 unspecified atom stereocenters. The third kappa shape index (κ3) is 4.82. The van der Waals surface area contributed by atoms with Crippen molar-refractivity contribution in [3.05, 3.63) is 82.7 Å². The van der Waals surface area contributed by atoms with Gasteiger partial charge in [0.2, 0.25) is 16.0 Å². The first-order valence-electron chi connectivity index (χ1n) is 12.2. The minimum atomic E-state index is -4.08. The average Bonchev–Trinajstić information content (AvgIpc) is 3.51. The number of nitrogens with zero attached hydrogens (tertiary/aromatic N) is 5. The Labute approximate surface area is 235 Å². The molecule has 1 amide bonds. The molecule has 0 saturated heterocycles. The van der Waals surface area contributed by atoms with Gasteiger partial charge in [0, 0.05) is 23.9 Å². The molecule has 2 N–H and O–H groups in total. The highest BCUT2D eigenvalue weighted by Crippen LogP contribution is 2.39. The molecule has 1 aliphatic heterocycles. The summed E-state index contributed by atoms with van der Waals surface area (Å²) in [6.07, 6.45) is 2.83. The van der Waals surface area contributed by atoms with Gasteiger partial charge in [-0.05, 0) is 30.7 Å². The number of carbonyl (C=O) groups is 1. The van der Waals surface area contributed by atoms with Crippen LogP contribution in [-0.2, 0) is 10.0 Å². The van der Waals surface area contributed by atoms with Gasteiger partial charge in [-0.25, -0.2) is 18.4 Å². The molecule has 2 aromatic carbocycles. The summed E-state index contributed by atoms with van der Waals surface area (Å²) in [7, 11) is -1.12. The van der Waals surface area contributed by atoms with Crippen molar-refractivity contribution in [1.82, 2.24) is 30.0 Å². The molecule has 1 aliphatic rings. The molecule has 3 heterocycles. The number of halogens is 1. The van der Waals surface area contributed by atoms with Gasteiger partial charge >= 0.3 is 0 Å². The molecule has 40 heavy (non-hydrogen) atoms. The lowest BCUT2D eigenvalue weighted by atomic mass is 10.0. The Balaban J connectivity index is 1.63. The SMILES string of the molecule is COc1cccc(OC)c1-n1c(NS(=O)(=O)C(C)C(C)c2ncc(Cl)cn2)nnc1[C@H]1NC(=O)c2ccccc21. The van der Waals surface area contributed by atoms with Crippen LogP contribution in [0.1, 0.15) is 53.4 Å². The standard InChI is InChI=1S/C26H26ClN7O5S/c1-14(23-28-12-16(27)13-29-23)15(2)40(36,37)33-26-32-31-24(21-17-8-5-6-9-18(17)25(35)30-21)34(26)22-19(38-3)10-7-11-20(22)39-4/h5-15,21H,1-4H3,(H,30,35)(H,32,33)/t14?,15?,21-/m0/s1. The Morgan fingerprint density at radius 3 is 2.30 bits per heavy atom. The van der Waals surface area contributed by atoms with Gasteiger partial charge in [-0.1, -0.05) is 42.8 Å². The number of hydrogen-bond acceptors (Lipinski definition) is 9. The van der Waals surface area contributed by atoms with Crippen LogP contribution in [-0.4, -0.2) is 58.5 Å². The van der Waals surface area contributed by atoms with Crippen LogP contribution >= 0.6 is 11.6 Å². The monoisotopic (exact) mass is 583 g/mol. The van der Waals surface area contributed by atoms with Crippen molar-refractivity contribution < 1.29 is 22.7 Å². The number of anilines is 1. The number of methoxy groups -OCH3 is 2. The first kappa shape index (κ1) is 27.3. The fraction of sp³-hybridized carbons (Fsp3) is 0.269. The Morgan fingerprint density at radius 2 is 1.65 bits per heavy atom. The Bertz CT molecular complexity index is 1650. The lowest BCUT2D eigenvalue weighted by Crippen LogP contribution is -2.32. The second-order valence-electron chi connectivity index (χ2n) is 9.12. The van der Waals surface area contributed by atoms with Crippen LogP contribution in [0, 0.1) is 0 Å². The molecular formula is C26H26ClN7O5S. The van der Waals surface area contributed by atoms with Crippen molar-refractivity contribution in [2.24, 2.45) is 0 Å². The summed E-state index contributed by atoms with van der Waals surface area (Å²) in [4.78, 5) is 21.1. The van der Waals surface area contributed by atoms with E-state index in [1.165, 1.54) is 31.2 Å². The fourth-order valence-electron chi connectivity index (χ4n) is 4.52. The van der Waals surface area contributed by atoms with Crippen molar-refractivity contribution in [2.45, 2.75) is 31.1 Å². The van der Waals surface area contributed by atoms with E-state index in [-0.39, 0.29) is 17.7 Å². The van der Waals surface area contributed by atoms with E-state index in [1.807, 2.05) is 6.07 Å². The molecule has 0 fully saturated rings. The van der Waals surface area contributed by atoms with Gasteiger partial charge in [0.1, 0.15) is 29.1 Å². The van der Waals surface area contributed by atoms with Crippen LogP contribution in [0.2, 0.25) is 5.02 Å². The van der Waals surface area contributed by atoms with Gasteiger partial charge in [-0.3, -0.25) is 14.1 Å². The van der Waals surface area contributed by atoms with Crippen LogP contribution in [0.15, 0.2) is 54.9 Å². The van der Waals surface area contributed by atoms with Crippen molar-refractivity contribution >= 4 is 33.5 Å². The highest BCUT2D eigenvalue weighted by molar-refractivity contribution is 7.93. The molecule has 2 aromatic heterocycles. The number of rotatable bonds is 9. The van der Waals surface area contributed by atoms with E-state index in [0.717, 1.165) is 0 Å². The predicted octanol–water partition coefficient (Wildman–Crippen LogP) is 3.49. The maximum atomic E-state index is 13.6. The van der Waals surface area contributed by atoms with Gasteiger partial charge in [-0.15, -0.1) is 10.2 Å². The zero-order valence-corrected chi connectivity index (χ0v) is 23.6. The topological polar surface area (TPSA) is 150 Å². The number of carbonyl (C=O) groups excluding carboxylic acids is 1. The Kier molecular flexibility index (Phi) is 7.34. The number of aromatic nitrogens is 5. The average molecular weight is 584 g/mol. The molecule has 5 rings (SSSR count). The summed E-state index contributed by atoms with van der Waals surface area (Å²) in [5, 5.41) is 10.8. The van der Waals surface area contributed by atoms with Crippen molar-refractivity contribution in [3.63, 3.8) is 0 Å². The zero-order valence-electron chi connectivity index (χ0n) is 22.0. The Morgan fingerprint density at radius 1 is 1.00 bits per heavy atom. The fourth-order valence-corrected chi connectivity index (χ4v) is 5.85. The number of amides is 1. The predicted molar refractivity (Wildman–Crippen MR) is 148 cm³/mol. The normalized spacial score (nSPS) is 16.1. The summed E-state index contributed by atoms with van der Waals surface area (Å²) in [5.74, 6) is 0.320. The number of fused-ring (bicyclic) bond motifs is 1. The van der Waals surface area contributed by atoms with Gasteiger partial charge in [0.25, 0.3) is 5.91 Å². The van der Waals surface area contributed by atoms with Gasteiger partial charge < -0.3 is 14.8 Å². The Hall–Kier alpha value is -4.23. The molecule has 14 heteroatoms. The summed E-state index contributed by atoms with van der Waals surface area (Å²) in [6, 6.07) is 11.5. The molecular weight excluding hydrogens is 558 g/mol. The second-order valence-corrected chi connectivity index (χ2v) is 11.6. The molecule has 0 spiro atoms. The second kappa shape index (κ2) is 10.7. The first-order chi connectivity index (χ1) is 19.2. The van der Waals surface area contributed by atoms with Gasteiger partial charge in [0.15, 0.2) is 5.82 Å². The van der Waals surface area contributed by atoms with Crippen LogP contribution in [0.25, 0.3) is 5.69 Å². The quantitative estimate of drug-likeness (QED) is 0.302. The maximum absolute atomic E-state index is 13.6. The van der Waals surface area contributed by atoms with E-state index in [0.29, 0.717) is 39.2 Å². The summed E-state index contributed by atoms with van der Waals surface area (Å²) in [6.45, 7) is 3.25. The summed E-state index contributed by atoms with van der Waals surface area (Å²) < 4.78 is 42.6. The molecule has 0 radical (unpaired) electrons. The number of benzene rings is 2. The first-order valence-corrected chi connectivity index (χ1v) is 14.1. The largest absolute Gasteiger partial charge is 0.494 e. The zero-order chi connectivity index (χ0) is 28.6. The number of sulfonamides is 1. The molecule has 0 saturated carbocycles. The van der Waals surface area contributed by atoms with E-state index in [4.69, 9.17) is 21.1 Å². The lowest BCUT2D eigenvalue weighted by molar-refractivity contribution is 0.0959. The van der Waals surface area contributed by atoms with Crippen LogP contribution in [0.5, 0.6) is 11.5 Å². The smallest absolute Gasteiger partial charge is 0.252 e. The van der Waals surface area contributed by atoms with E-state index >= 15 is 0 Å². The van der Waals surface area contributed by atoms with Crippen molar-refractivity contribution in [3.8, 4) is 17.2 Å². The number of para-hydroxylation sites is 1. The number of nitrogens with one attached hydrogen (secondary N) is 2. The number of hydrogen-bond donors (Lipinski definition) is 2. The van der Waals surface area contributed by atoms with Crippen LogP contribution < -0.4 is 19.5 Å². The third-order valence-electron chi connectivity index (χ3n) is 6.84. The maximum Gasteiger partial charge on any atom is 0.252 e. The highest BCUT2D eigenvalue weighted by Gasteiger charge is 2.37. The van der Waals surface area contributed by atoms with E-state index in [1.54, 1.807) is 50.2 Å². The minimum absolute atomic E-state index is 0.118. The molecule has 208 valence electrons. The summed E-state index contributed by atoms with van der Waals surface area (Å²) >= 11 is 5.89. The van der Waals surface area contributed by atoms with Gasteiger partial charge in [0.05, 0.1) is 24.5 Å². The van der Waals surface area contributed by atoms with Gasteiger partial charge in [-0.2, -0.15) is 0 Å². The van der Waals surface area contributed by atoms with Crippen molar-refractivity contribution in [2.75, 3.05) is 18.9 Å². The highest BCUT2D eigenvalue weighted by atomic mass is 35.5. The molecule has 0 aliphatic carbocycles. The molecule has 3 atom stereocenters. The van der Waals surface area contributed by atoms with Crippen molar-refractivity contribution in [1.29, 1.82) is 0 Å². The molecule has 0 bridgehead atoms.